The maximum absolute atomic E-state index is 13.5. The normalized spacial score (nSPS) is 22.9. The van der Waals surface area contributed by atoms with Crippen molar-refractivity contribution < 1.29 is 4.79 Å². The van der Waals surface area contributed by atoms with Crippen molar-refractivity contribution in [3.8, 4) is 0 Å². The van der Waals surface area contributed by atoms with Crippen LogP contribution in [0.2, 0.25) is 5.02 Å². The highest BCUT2D eigenvalue weighted by molar-refractivity contribution is 14.1. The molecule has 2 aromatic carbocycles. The Kier molecular flexibility index (Phi) is 5.98. The van der Waals surface area contributed by atoms with Gasteiger partial charge in [-0.15, -0.1) is 0 Å². The fraction of sp³-hybridized carbons (Fsp3) is 0.385. The summed E-state index contributed by atoms with van der Waals surface area (Å²) < 4.78 is 2.33. The second kappa shape index (κ2) is 8.90. The first-order valence-electron chi connectivity index (χ1n) is 12.0. The molecule has 0 spiro atoms. The molecule has 3 aliphatic heterocycles. The van der Waals surface area contributed by atoms with Crippen LogP contribution in [0.4, 0.5) is 5.69 Å². The molecule has 0 radical (unpaired) electrons. The molecule has 1 N–H and O–H groups in total. The van der Waals surface area contributed by atoms with E-state index in [9.17, 15) is 4.79 Å². The van der Waals surface area contributed by atoms with Gasteiger partial charge in [-0.25, -0.2) is 3.11 Å². The molecule has 9 heteroatoms. The van der Waals surface area contributed by atoms with Gasteiger partial charge >= 0.3 is 0 Å². The molecular formula is C26H27ClIN5OS. The van der Waals surface area contributed by atoms with Gasteiger partial charge in [0.1, 0.15) is 6.04 Å². The van der Waals surface area contributed by atoms with E-state index in [-0.39, 0.29) is 24.0 Å². The molecular weight excluding hydrogens is 593 g/mol. The fourth-order valence-corrected chi connectivity index (χ4v) is 6.88. The first kappa shape index (κ1) is 23.5. The number of aromatic nitrogens is 1. The van der Waals surface area contributed by atoms with Crippen molar-refractivity contribution in [1.29, 1.82) is 0 Å². The third kappa shape index (κ3) is 3.84. The van der Waals surface area contributed by atoms with Gasteiger partial charge in [0.25, 0.3) is 5.91 Å². The number of anilines is 1. The van der Waals surface area contributed by atoms with Gasteiger partial charge in [0.2, 0.25) is 0 Å². The third-order valence-corrected chi connectivity index (χ3v) is 9.06. The third-order valence-electron chi connectivity index (χ3n) is 7.45. The molecule has 2 atom stereocenters. The van der Waals surface area contributed by atoms with E-state index >= 15 is 0 Å². The van der Waals surface area contributed by atoms with Crippen LogP contribution in [0.1, 0.15) is 36.7 Å². The number of amides is 1. The van der Waals surface area contributed by atoms with E-state index in [1.54, 1.807) is 4.90 Å². The Hall–Kier alpha value is -1.88. The molecule has 0 bridgehead atoms. The summed E-state index contributed by atoms with van der Waals surface area (Å²) in [6.07, 6.45) is 0.618. The van der Waals surface area contributed by atoms with E-state index in [1.807, 2.05) is 32.0 Å². The highest BCUT2D eigenvalue weighted by Crippen LogP contribution is 2.45. The van der Waals surface area contributed by atoms with E-state index in [4.69, 9.17) is 23.8 Å². The molecule has 3 aromatic rings. The van der Waals surface area contributed by atoms with Gasteiger partial charge in [0, 0.05) is 88.8 Å². The number of carbonyl (C=O) groups excluding carboxylic acids is 1. The molecule has 182 valence electrons. The Bertz CT molecular complexity index is 1320. The van der Waals surface area contributed by atoms with Gasteiger partial charge in [-0.3, -0.25) is 9.69 Å². The summed E-state index contributed by atoms with van der Waals surface area (Å²) in [7, 11) is 0. The SMILES string of the molecule is CC(C)N1C(=O)C2Cc3c([nH]c4ccc(Cl)cc34)C(c3ccc(N4CCN(I)CC4)cc3)N2C1=S. The molecule has 0 saturated carbocycles. The Balaban J connectivity index is 1.45. The quantitative estimate of drug-likeness (QED) is 0.250. The number of H-pyrrole nitrogens is 1. The number of fused-ring (bicyclic) bond motifs is 4. The first-order chi connectivity index (χ1) is 16.8. The van der Waals surface area contributed by atoms with Gasteiger partial charge in [-0.05, 0) is 67.5 Å². The predicted molar refractivity (Wildman–Crippen MR) is 153 cm³/mol. The van der Waals surface area contributed by atoms with Gasteiger partial charge in [-0.2, -0.15) is 0 Å². The summed E-state index contributed by atoms with van der Waals surface area (Å²) in [6, 6.07) is 14.3. The van der Waals surface area contributed by atoms with Gasteiger partial charge < -0.3 is 14.8 Å². The predicted octanol–water partition coefficient (Wildman–Crippen LogP) is 5.14. The topological polar surface area (TPSA) is 45.8 Å². The van der Waals surface area contributed by atoms with Gasteiger partial charge in [-0.1, -0.05) is 23.7 Å². The van der Waals surface area contributed by atoms with Crippen LogP contribution in [0.15, 0.2) is 42.5 Å². The lowest BCUT2D eigenvalue weighted by Crippen LogP contribution is -2.44. The molecule has 2 unspecified atom stereocenters. The van der Waals surface area contributed by atoms with Crippen molar-refractivity contribution in [1.82, 2.24) is 17.9 Å². The van der Waals surface area contributed by atoms with Crippen LogP contribution in [-0.2, 0) is 11.2 Å². The van der Waals surface area contributed by atoms with Crippen molar-refractivity contribution in [2.45, 2.75) is 38.4 Å². The molecule has 4 heterocycles. The summed E-state index contributed by atoms with van der Waals surface area (Å²) in [5, 5.41) is 2.41. The summed E-state index contributed by atoms with van der Waals surface area (Å²) in [4.78, 5) is 23.6. The monoisotopic (exact) mass is 619 g/mol. The van der Waals surface area contributed by atoms with Gasteiger partial charge in [0.15, 0.2) is 5.11 Å². The number of rotatable bonds is 3. The minimum absolute atomic E-state index is 0.0183. The van der Waals surface area contributed by atoms with Crippen molar-refractivity contribution in [3.05, 3.63) is 64.3 Å². The number of piperazine rings is 1. The standard InChI is InChI=1S/C26H27ClIN5OS/c1-15(2)32-25(34)22-14-20-19-13-17(27)5-8-21(19)29-23(20)24(33(22)26(32)35)16-3-6-18(7-4-16)30-9-11-31(28)12-10-30/h3-8,13,15,22,24,29H,9-12,14H2,1-2H3. The number of thiocarbonyl (C=S) groups is 1. The Labute approximate surface area is 229 Å². The number of benzene rings is 2. The summed E-state index contributed by atoms with van der Waals surface area (Å²) in [6.45, 7) is 8.21. The van der Waals surface area contributed by atoms with Crippen molar-refractivity contribution in [3.63, 3.8) is 0 Å². The van der Waals surface area contributed by atoms with Gasteiger partial charge in [0.05, 0.1) is 6.04 Å². The van der Waals surface area contributed by atoms with Crippen LogP contribution in [0.25, 0.3) is 10.9 Å². The molecule has 1 aromatic heterocycles. The second-order valence-electron chi connectivity index (χ2n) is 9.81. The molecule has 6 nitrogen and oxygen atoms in total. The summed E-state index contributed by atoms with van der Waals surface area (Å²) in [5.74, 6) is 0.0883. The average Bonchev–Trinajstić information content (AvgIpc) is 3.32. The van der Waals surface area contributed by atoms with Crippen LogP contribution < -0.4 is 4.90 Å². The summed E-state index contributed by atoms with van der Waals surface area (Å²) in [5.41, 5.74) is 5.67. The van der Waals surface area contributed by atoms with Crippen LogP contribution in [0.5, 0.6) is 0 Å². The Morgan fingerprint density at radius 3 is 2.49 bits per heavy atom. The minimum Gasteiger partial charge on any atom is -0.369 e. The zero-order valence-electron chi connectivity index (χ0n) is 19.7. The zero-order chi connectivity index (χ0) is 24.4. The molecule has 0 aliphatic carbocycles. The van der Waals surface area contributed by atoms with E-state index in [2.05, 4.69) is 65.0 Å². The largest absolute Gasteiger partial charge is 0.369 e. The number of nitrogens with zero attached hydrogens (tertiary/aromatic N) is 4. The van der Waals surface area contributed by atoms with Crippen molar-refractivity contribution in [2.75, 3.05) is 31.1 Å². The minimum atomic E-state index is -0.309. The van der Waals surface area contributed by atoms with Crippen LogP contribution in [0.3, 0.4) is 0 Å². The summed E-state index contributed by atoms with van der Waals surface area (Å²) >= 11 is 14.7. The molecule has 1 amide bonds. The van der Waals surface area contributed by atoms with Crippen molar-refractivity contribution in [2.24, 2.45) is 0 Å². The molecule has 3 aliphatic rings. The van der Waals surface area contributed by atoms with Crippen LogP contribution >= 0.6 is 46.7 Å². The number of halogens is 2. The number of hydrogen-bond donors (Lipinski definition) is 1. The number of nitrogens with one attached hydrogen (secondary N) is 1. The lowest BCUT2D eigenvalue weighted by atomic mass is 9.89. The Morgan fingerprint density at radius 1 is 1.09 bits per heavy atom. The number of aromatic amines is 1. The molecule has 6 rings (SSSR count). The average molecular weight is 620 g/mol. The first-order valence-corrected chi connectivity index (χ1v) is 13.8. The maximum atomic E-state index is 13.5. The Morgan fingerprint density at radius 2 is 1.80 bits per heavy atom. The highest BCUT2D eigenvalue weighted by atomic mass is 127. The maximum Gasteiger partial charge on any atom is 0.252 e. The second-order valence-corrected chi connectivity index (χ2v) is 12.0. The smallest absolute Gasteiger partial charge is 0.252 e. The fourth-order valence-electron chi connectivity index (χ4n) is 5.74. The highest BCUT2D eigenvalue weighted by Gasteiger charge is 2.51. The molecule has 2 saturated heterocycles. The number of hydrogen-bond acceptors (Lipinski definition) is 4. The van der Waals surface area contributed by atoms with E-state index < -0.39 is 0 Å². The molecule has 35 heavy (non-hydrogen) atoms. The van der Waals surface area contributed by atoms with Crippen LogP contribution in [0, 0.1) is 0 Å². The van der Waals surface area contributed by atoms with Crippen LogP contribution in [-0.4, -0.2) is 67.2 Å². The lowest BCUT2D eigenvalue weighted by molar-refractivity contribution is -0.129. The number of carbonyl (C=O) groups is 1. The van der Waals surface area contributed by atoms with Crippen molar-refractivity contribution >= 4 is 74.3 Å². The zero-order valence-corrected chi connectivity index (χ0v) is 23.4. The molecule has 2 fully saturated rings. The lowest BCUT2D eigenvalue weighted by Gasteiger charge is -2.38. The van der Waals surface area contributed by atoms with E-state index in [0.717, 1.165) is 53.9 Å². The van der Waals surface area contributed by atoms with E-state index in [0.29, 0.717) is 16.6 Å². The van der Waals surface area contributed by atoms with E-state index in [1.165, 1.54) is 5.69 Å².